The molecule has 0 saturated heterocycles. The number of phenolic OH excluding ortho intramolecular Hbond substituents is 1. The lowest BCUT2D eigenvalue weighted by Crippen LogP contribution is -1.92. The van der Waals surface area contributed by atoms with Crippen molar-refractivity contribution in [3.8, 4) is 11.5 Å². The number of methoxy groups -OCH3 is 1. The van der Waals surface area contributed by atoms with Gasteiger partial charge in [-0.1, -0.05) is 12.6 Å². The summed E-state index contributed by atoms with van der Waals surface area (Å²) < 4.78 is 4.89. The van der Waals surface area contributed by atoms with E-state index in [2.05, 4.69) is 6.58 Å². The van der Waals surface area contributed by atoms with Crippen molar-refractivity contribution in [2.45, 2.75) is 13.8 Å². The molecule has 4 nitrogen and oxygen atoms in total. The predicted molar refractivity (Wildman–Crippen MR) is 61.8 cm³/mol. The lowest BCUT2D eigenvalue weighted by molar-refractivity contribution is -0.132. The van der Waals surface area contributed by atoms with Crippen LogP contribution in [0.25, 0.3) is 0 Å². The molecule has 0 saturated carbocycles. The van der Waals surface area contributed by atoms with E-state index in [4.69, 9.17) is 14.9 Å². The van der Waals surface area contributed by atoms with Crippen LogP contribution in [0, 0.1) is 6.92 Å². The third kappa shape index (κ3) is 5.05. The lowest BCUT2D eigenvalue weighted by atomic mass is 10.2. The maximum atomic E-state index is 9.60. The van der Waals surface area contributed by atoms with Crippen LogP contribution in [0.1, 0.15) is 12.5 Å². The summed E-state index contributed by atoms with van der Waals surface area (Å²) in [5.74, 6) is 0.0254. The fraction of sp³-hybridized carbons (Fsp3) is 0.250. The molecule has 2 N–H and O–H groups in total. The van der Waals surface area contributed by atoms with Gasteiger partial charge in [-0.2, -0.15) is 0 Å². The molecule has 4 heteroatoms. The van der Waals surface area contributed by atoms with Crippen molar-refractivity contribution < 1.29 is 19.7 Å². The van der Waals surface area contributed by atoms with E-state index in [0.29, 0.717) is 5.75 Å². The Kier molecular flexibility index (Phi) is 5.70. The van der Waals surface area contributed by atoms with Gasteiger partial charge in [-0.3, -0.25) is 0 Å². The Morgan fingerprint density at radius 2 is 1.94 bits per heavy atom. The van der Waals surface area contributed by atoms with Gasteiger partial charge >= 0.3 is 5.97 Å². The van der Waals surface area contributed by atoms with E-state index in [9.17, 15) is 4.79 Å². The number of phenols is 1. The van der Waals surface area contributed by atoms with Crippen LogP contribution in [0.3, 0.4) is 0 Å². The molecule has 0 fully saturated rings. The van der Waals surface area contributed by atoms with Crippen LogP contribution in [0.15, 0.2) is 30.4 Å². The van der Waals surface area contributed by atoms with Crippen molar-refractivity contribution in [3.05, 3.63) is 35.9 Å². The van der Waals surface area contributed by atoms with E-state index in [1.807, 2.05) is 19.1 Å². The first-order chi connectivity index (χ1) is 7.38. The number of carbonyl (C=O) groups is 1. The topological polar surface area (TPSA) is 66.8 Å². The van der Waals surface area contributed by atoms with E-state index >= 15 is 0 Å². The van der Waals surface area contributed by atoms with Crippen LogP contribution in [-0.4, -0.2) is 23.3 Å². The highest BCUT2D eigenvalue weighted by Crippen LogP contribution is 2.21. The van der Waals surface area contributed by atoms with Crippen LogP contribution in [0.5, 0.6) is 11.5 Å². The van der Waals surface area contributed by atoms with E-state index in [1.165, 1.54) is 6.92 Å². The second kappa shape index (κ2) is 6.50. The van der Waals surface area contributed by atoms with Crippen LogP contribution in [0.2, 0.25) is 0 Å². The maximum Gasteiger partial charge on any atom is 0.330 e. The Morgan fingerprint density at radius 1 is 1.44 bits per heavy atom. The molecule has 0 radical (unpaired) electrons. The molecule has 0 aliphatic carbocycles. The highest BCUT2D eigenvalue weighted by Gasteiger charge is 1.95. The molecule has 1 aromatic carbocycles. The van der Waals surface area contributed by atoms with Crippen LogP contribution < -0.4 is 4.74 Å². The van der Waals surface area contributed by atoms with Gasteiger partial charge in [0.1, 0.15) is 11.5 Å². The molecule has 88 valence electrons. The zero-order valence-corrected chi connectivity index (χ0v) is 9.65. The molecular formula is C12H16O4. The Morgan fingerprint density at radius 3 is 2.25 bits per heavy atom. The minimum Gasteiger partial charge on any atom is -0.508 e. The monoisotopic (exact) mass is 224 g/mol. The number of aromatic hydroxyl groups is 1. The summed E-state index contributed by atoms with van der Waals surface area (Å²) in [6.07, 6.45) is 0. The normalized spacial score (nSPS) is 8.69. The fourth-order valence-electron chi connectivity index (χ4n) is 0.716. The van der Waals surface area contributed by atoms with Crippen molar-refractivity contribution in [3.63, 3.8) is 0 Å². The summed E-state index contributed by atoms with van der Waals surface area (Å²) in [5, 5.41) is 17.0. The van der Waals surface area contributed by atoms with Gasteiger partial charge in [0.25, 0.3) is 0 Å². The molecule has 0 aliphatic heterocycles. The molecule has 0 amide bonds. The minimum absolute atomic E-state index is 0.176. The summed E-state index contributed by atoms with van der Waals surface area (Å²) >= 11 is 0. The van der Waals surface area contributed by atoms with Gasteiger partial charge < -0.3 is 14.9 Å². The number of carboxylic acid groups (broad SMARTS) is 1. The Balaban J connectivity index is 0.000000325. The minimum atomic E-state index is -0.935. The number of hydrogen-bond donors (Lipinski definition) is 2. The average Bonchev–Trinajstić information content (AvgIpc) is 2.23. The molecule has 1 aromatic rings. The molecule has 1 rings (SSSR count). The summed E-state index contributed by atoms with van der Waals surface area (Å²) in [6.45, 7) is 6.44. The standard InChI is InChI=1S/C8H10O2.C4H6O2/c1-6-3-4-7(10-2)5-8(6)9;1-3(2)4(5)6/h3-5,9H,1-2H3;1H2,2H3,(H,5,6). The van der Waals surface area contributed by atoms with Crippen LogP contribution >= 0.6 is 0 Å². The van der Waals surface area contributed by atoms with Gasteiger partial charge in [-0.15, -0.1) is 0 Å². The zero-order chi connectivity index (χ0) is 12.7. The van der Waals surface area contributed by atoms with Crippen LogP contribution in [-0.2, 0) is 4.79 Å². The van der Waals surface area contributed by atoms with Gasteiger partial charge in [-0.25, -0.2) is 4.79 Å². The zero-order valence-electron chi connectivity index (χ0n) is 9.65. The molecular weight excluding hydrogens is 208 g/mol. The smallest absolute Gasteiger partial charge is 0.330 e. The molecule has 0 atom stereocenters. The number of aliphatic carboxylic acids is 1. The molecule has 0 heterocycles. The summed E-state index contributed by atoms with van der Waals surface area (Å²) in [7, 11) is 1.57. The number of carboxylic acids is 1. The molecule has 16 heavy (non-hydrogen) atoms. The summed E-state index contributed by atoms with van der Waals surface area (Å²) in [5.41, 5.74) is 1.04. The number of benzene rings is 1. The Bertz CT molecular complexity index is 371. The van der Waals surface area contributed by atoms with Crippen molar-refractivity contribution >= 4 is 5.97 Å². The van der Waals surface area contributed by atoms with E-state index in [1.54, 1.807) is 13.2 Å². The average molecular weight is 224 g/mol. The van der Waals surface area contributed by atoms with Crippen molar-refractivity contribution in [2.75, 3.05) is 7.11 Å². The molecule has 0 bridgehead atoms. The second-order valence-corrected chi connectivity index (χ2v) is 3.24. The lowest BCUT2D eigenvalue weighted by Gasteiger charge is -2.01. The molecule has 0 aliphatic rings. The SMILES string of the molecule is C=C(C)C(=O)O.COc1ccc(C)c(O)c1. The Hall–Kier alpha value is -1.97. The number of aryl methyl sites for hydroxylation is 1. The van der Waals surface area contributed by atoms with Crippen LogP contribution in [0.4, 0.5) is 0 Å². The van der Waals surface area contributed by atoms with Gasteiger partial charge in [0.2, 0.25) is 0 Å². The first-order valence-electron chi connectivity index (χ1n) is 4.61. The largest absolute Gasteiger partial charge is 0.508 e. The first-order valence-corrected chi connectivity index (χ1v) is 4.61. The van der Waals surface area contributed by atoms with Crippen molar-refractivity contribution in [1.29, 1.82) is 0 Å². The number of hydrogen-bond acceptors (Lipinski definition) is 3. The molecule has 0 spiro atoms. The van der Waals surface area contributed by atoms with Crippen molar-refractivity contribution in [1.82, 2.24) is 0 Å². The summed E-state index contributed by atoms with van der Waals surface area (Å²) in [6, 6.07) is 5.22. The van der Waals surface area contributed by atoms with Gasteiger partial charge in [0.15, 0.2) is 0 Å². The fourth-order valence-corrected chi connectivity index (χ4v) is 0.716. The van der Waals surface area contributed by atoms with Gasteiger partial charge in [0.05, 0.1) is 7.11 Å². The highest BCUT2D eigenvalue weighted by molar-refractivity contribution is 5.84. The second-order valence-electron chi connectivity index (χ2n) is 3.24. The molecule has 0 aromatic heterocycles. The van der Waals surface area contributed by atoms with Gasteiger partial charge in [0, 0.05) is 11.6 Å². The highest BCUT2D eigenvalue weighted by atomic mass is 16.5. The van der Waals surface area contributed by atoms with E-state index in [-0.39, 0.29) is 11.3 Å². The third-order valence-corrected chi connectivity index (χ3v) is 1.78. The maximum absolute atomic E-state index is 9.60. The Labute approximate surface area is 94.8 Å². The third-order valence-electron chi connectivity index (χ3n) is 1.78. The number of rotatable bonds is 2. The first kappa shape index (κ1) is 14.0. The van der Waals surface area contributed by atoms with E-state index < -0.39 is 5.97 Å². The quantitative estimate of drug-likeness (QED) is 0.757. The summed E-state index contributed by atoms with van der Waals surface area (Å²) in [4.78, 5) is 9.60. The number of ether oxygens (including phenoxy) is 1. The van der Waals surface area contributed by atoms with Gasteiger partial charge in [-0.05, 0) is 25.5 Å². The van der Waals surface area contributed by atoms with E-state index in [0.717, 1.165) is 5.56 Å². The van der Waals surface area contributed by atoms with Crippen molar-refractivity contribution in [2.24, 2.45) is 0 Å². The molecule has 0 unspecified atom stereocenters. The predicted octanol–water partition coefficient (Wildman–Crippen LogP) is 2.36.